The van der Waals surface area contributed by atoms with Crippen molar-refractivity contribution in [3.05, 3.63) is 29.8 Å². The van der Waals surface area contributed by atoms with Crippen LogP contribution in [0.2, 0.25) is 0 Å². The molecule has 0 bridgehead atoms. The van der Waals surface area contributed by atoms with Crippen molar-refractivity contribution in [3.8, 4) is 0 Å². The summed E-state index contributed by atoms with van der Waals surface area (Å²) < 4.78 is 0. The minimum Gasteiger partial charge on any atom is -0.396 e. The highest BCUT2D eigenvalue weighted by Crippen LogP contribution is 2.29. The van der Waals surface area contributed by atoms with Crippen molar-refractivity contribution >= 4 is 11.7 Å². The first kappa shape index (κ1) is 16.5. The van der Waals surface area contributed by atoms with Crippen LogP contribution in [0.5, 0.6) is 0 Å². The van der Waals surface area contributed by atoms with Crippen molar-refractivity contribution in [1.29, 1.82) is 0 Å². The molecule has 4 nitrogen and oxygen atoms in total. The molecule has 2 amide bonds. The molecule has 0 spiro atoms. The molecule has 0 aliphatic rings. The Balaban J connectivity index is 2.53. The van der Waals surface area contributed by atoms with Gasteiger partial charge in [-0.15, -0.1) is 0 Å². The Morgan fingerprint density at radius 2 is 2.00 bits per heavy atom. The van der Waals surface area contributed by atoms with Crippen LogP contribution in [0.1, 0.15) is 38.7 Å². The maximum absolute atomic E-state index is 11.9. The number of carbonyl (C=O) groups excluding carboxylic acids is 1. The largest absolute Gasteiger partial charge is 0.396 e. The van der Waals surface area contributed by atoms with E-state index < -0.39 is 0 Å². The summed E-state index contributed by atoms with van der Waals surface area (Å²) in [6, 6.07) is 7.51. The molecule has 112 valence electrons. The summed E-state index contributed by atoms with van der Waals surface area (Å²) in [4.78, 5) is 11.9. The Kier molecular flexibility index (Phi) is 6.52. The number of anilines is 1. The second-order valence-corrected chi connectivity index (χ2v) is 5.36. The van der Waals surface area contributed by atoms with Crippen LogP contribution in [0.25, 0.3) is 0 Å². The number of aliphatic hydroxyl groups excluding tert-OH is 1. The highest BCUT2D eigenvalue weighted by atomic mass is 16.3. The van der Waals surface area contributed by atoms with Gasteiger partial charge in [0.05, 0.1) is 0 Å². The molecular formula is C16H26N2O2. The first-order valence-corrected chi connectivity index (χ1v) is 7.27. The number of nitrogens with one attached hydrogen (secondary N) is 2. The Bertz CT molecular complexity index is 428. The zero-order valence-corrected chi connectivity index (χ0v) is 12.7. The first-order valence-electron chi connectivity index (χ1n) is 7.27. The van der Waals surface area contributed by atoms with E-state index in [2.05, 4.69) is 24.5 Å². The van der Waals surface area contributed by atoms with Gasteiger partial charge in [-0.25, -0.2) is 4.79 Å². The molecule has 20 heavy (non-hydrogen) atoms. The molecule has 0 atom stereocenters. The third-order valence-corrected chi connectivity index (χ3v) is 4.04. The van der Waals surface area contributed by atoms with Gasteiger partial charge in [-0.3, -0.25) is 0 Å². The zero-order chi connectivity index (χ0) is 15.0. The summed E-state index contributed by atoms with van der Waals surface area (Å²) in [5.74, 6) is 0. The van der Waals surface area contributed by atoms with Crippen LogP contribution in [0, 0.1) is 12.3 Å². The lowest BCUT2D eigenvalue weighted by atomic mass is 9.79. The molecule has 0 unspecified atom stereocenters. The number of benzene rings is 1. The molecule has 1 aromatic carbocycles. The normalized spacial score (nSPS) is 11.2. The van der Waals surface area contributed by atoms with Crippen molar-refractivity contribution in [1.82, 2.24) is 5.32 Å². The highest BCUT2D eigenvalue weighted by Gasteiger charge is 2.26. The summed E-state index contributed by atoms with van der Waals surface area (Å²) in [5.41, 5.74) is 1.89. The number of hydrogen-bond acceptors (Lipinski definition) is 2. The monoisotopic (exact) mass is 278 g/mol. The van der Waals surface area contributed by atoms with Crippen LogP contribution in [0.15, 0.2) is 24.3 Å². The predicted octanol–water partition coefficient (Wildman–Crippen LogP) is 3.31. The topological polar surface area (TPSA) is 61.4 Å². The molecule has 1 rings (SSSR count). The number of amides is 2. The molecular weight excluding hydrogens is 252 g/mol. The molecule has 0 saturated heterocycles. The molecule has 3 N–H and O–H groups in total. The van der Waals surface area contributed by atoms with Gasteiger partial charge in [0.1, 0.15) is 0 Å². The number of urea groups is 1. The van der Waals surface area contributed by atoms with Crippen molar-refractivity contribution in [2.24, 2.45) is 5.41 Å². The molecule has 0 radical (unpaired) electrons. The molecule has 4 heteroatoms. The smallest absolute Gasteiger partial charge is 0.319 e. The highest BCUT2D eigenvalue weighted by molar-refractivity contribution is 5.89. The van der Waals surface area contributed by atoms with E-state index in [0.717, 1.165) is 24.1 Å². The molecule has 1 aromatic rings. The number of carbonyl (C=O) groups is 1. The summed E-state index contributed by atoms with van der Waals surface area (Å²) in [5, 5.41) is 14.9. The zero-order valence-electron chi connectivity index (χ0n) is 12.7. The fourth-order valence-electron chi connectivity index (χ4n) is 2.34. The van der Waals surface area contributed by atoms with Gasteiger partial charge in [-0.1, -0.05) is 26.0 Å². The number of hydrogen-bond donors (Lipinski definition) is 3. The summed E-state index contributed by atoms with van der Waals surface area (Å²) in [6.45, 7) is 6.92. The molecule has 0 aliphatic carbocycles. The van der Waals surface area contributed by atoms with E-state index in [0.29, 0.717) is 13.0 Å². The van der Waals surface area contributed by atoms with Gasteiger partial charge in [-0.2, -0.15) is 0 Å². The van der Waals surface area contributed by atoms with Crippen LogP contribution in [-0.4, -0.2) is 24.3 Å². The van der Waals surface area contributed by atoms with Crippen molar-refractivity contribution in [3.63, 3.8) is 0 Å². The average Bonchev–Trinajstić information content (AvgIpc) is 2.44. The fourth-order valence-corrected chi connectivity index (χ4v) is 2.34. The standard InChI is InChI=1S/C16H26N2O2/c1-4-16(5-2,9-10-19)12-17-15(20)18-14-8-6-7-13(3)11-14/h6-8,11,19H,4-5,9-10,12H2,1-3H3,(H2,17,18,20). The number of aryl methyl sites for hydroxylation is 1. The first-order chi connectivity index (χ1) is 9.55. The van der Waals surface area contributed by atoms with Gasteiger partial charge in [0.25, 0.3) is 0 Å². The van der Waals surface area contributed by atoms with Gasteiger partial charge in [-0.05, 0) is 49.3 Å². The molecule has 0 saturated carbocycles. The lowest BCUT2D eigenvalue weighted by Crippen LogP contribution is -2.39. The SMILES string of the molecule is CCC(CC)(CCO)CNC(=O)Nc1cccc(C)c1. The van der Waals surface area contributed by atoms with Crippen LogP contribution in [0.3, 0.4) is 0 Å². The minimum atomic E-state index is -0.195. The second-order valence-electron chi connectivity index (χ2n) is 5.36. The van der Waals surface area contributed by atoms with Gasteiger partial charge in [0.15, 0.2) is 0 Å². The van der Waals surface area contributed by atoms with E-state index in [1.165, 1.54) is 0 Å². The van der Waals surface area contributed by atoms with Gasteiger partial charge >= 0.3 is 6.03 Å². The van der Waals surface area contributed by atoms with E-state index in [-0.39, 0.29) is 18.1 Å². The Morgan fingerprint density at radius 1 is 1.30 bits per heavy atom. The lowest BCUT2D eigenvalue weighted by Gasteiger charge is -2.31. The van der Waals surface area contributed by atoms with E-state index in [1.807, 2.05) is 31.2 Å². The number of aliphatic hydroxyl groups is 1. The fraction of sp³-hybridized carbons (Fsp3) is 0.562. The van der Waals surface area contributed by atoms with Crippen LogP contribution >= 0.6 is 0 Å². The quantitative estimate of drug-likeness (QED) is 0.716. The third-order valence-electron chi connectivity index (χ3n) is 4.04. The molecule has 0 aliphatic heterocycles. The summed E-state index contributed by atoms with van der Waals surface area (Å²) >= 11 is 0. The maximum Gasteiger partial charge on any atom is 0.319 e. The summed E-state index contributed by atoms with van der Waals surface area (Å²) in [7, 11) is 0. The van der Waals surface area contributed by atoms with Crippen molar-refractivity contribution < 1.29 is 9.90 Å². The Labute approximate surface area is 121 Å². The molecule has 0 aromatic heterocycles. The minimum absolute atomic E-state index is 0.0152. The summed E-state index contributed by atoms with van der Waals surface area (Å²) in [6.07, 6.45) is 2.59. The van der Waals surface area contributed by atoms with Gasteiger partial charge in [0, 0.05) is 18.8 Å². The Morgan fingerprint density at radius 3 is 2.55 bits per heavy atom. The maximum atomic E-state index is 11.9. The predicted molar refractivity (Wildman–Crippen MR) is 82.9 cm³/mol. The van der Waals surface area contributed by atoms with E-state index in [4.69, 9.17) is 5.11 Å². The third kappa shape index (κ3) is 4.85. The molecule has 0 heterocycles. The van der Waals surface area contributed by atoms with Crippen molar-refractivity contribution in [2.45, 2.75) is 40.0 Å². The van der Waals surface area contributed by atoms with Crippen LogP contribution in [0.4, 0.5) is 10.5 Å². The van der Waals surface area contributed by atoms with Crippen LogP contribution in [-0.2, 0) is 0 Å². The second kappa shape index (κ2) is 7.90. The van der Waals surface area contributed by atoms with E-state index in [9.17, 15) is 4.79 Å². The van der Waals surface area contributed by atoms with Crippen LogP contribution < -0.4 is 10.6 Å². The Hall–Kier alpha value is -1.55. The van der Waals surface area contributed by atoms with E-state index >= 15 is 0 Å². The lowest BCUT2D eigenvalue weighted by molar-refractivity contribution is 0.165. The van der Waals surface area contributed by atoms with Crippen molar-refractivity contribution in [2.75, 3.05) is 18.5 Å². The molecule has 0 fully saturated rings. The van der Waals surface area contributed by atoms with Gasteiger partial charge < -0.3 is 15.7 Å². The number of rotatable bonds is 7. The van der Waals surface area contributed by atoms with Gasteiger partial charge in [0.2, 0.25) is 0 Å². The van der Waals surface area contributed by atoms with E-state index in [1.54, 1.807) is 0 Å². The average molecular weight is 278 g/mol.